The van der Waals surface area contributed by atoms with Crippen molar-refractivity contribution in [2.24, 2.45) is 0 Å². The van der Waals surface area contributed by atoms with Crippen LogP contribution in [0.2, 0.25) is 0 Å². The predicted molar refractivity (Wildman–Crippen MR) is 358 cm³/mol. The molecule has 478 valence electrons. The Morgan fingerprint density at radius 3 is 0.756 bits per heavy atom. The van der Waals surface area contributed by atoms with E-state index in [4.69, 9.17) is 14.2 Å². The third-order valence-electron chi connectivity index (χ3n) is 16.3. The van der Waals surface area contributed by atoms with E-state index in [2.05, 4.69) is 81.5 Å². The lowest BCUT2D eigenvalue weighted by Gasteiger charge is -2.18. The maximum Gasteiger partial charge on any atom is 0.306 e. The highest BCUT2D eigenvalue weighted by atomic mass is 16.6. The maximum absolute atomic E-state index is 13.0. The van der Waals surface area contributed by atoms with Crippen molar-refractivity contribution >= 4 is 17.9 Å². The van der Waals surface area contributed by atoms with Crippen LogP contribution in [-0.2, 0) is 28.6 Å². The van der Waals surface area contributed by atoms with Crippen LogP contribution < -0.4 is 0 Å². The number of carbonyl (C=O) groups is 3. The Hall–Kier alpha value is -2.89. The van der Waals surface area contributed by atoms with Crippen LogP contribution in [0.5, 0.6) is 0 Å². The van der Waals surface area contributed by atoms with Gasteiger partial charge in [-0.15, -0.1) is 0 Å². The highest BCUT2D eigenvalue weighted by molar-refractivity contribution is 5.71. The Morgan fingerprint density at radius 1 is 0.256 bits per heavy atom. The van der Waals surface area contributed by atoms with Crippen molar-refractivity contribution in [3.8, 4) is 0 Å². The van der Waals surface area contributed by atoms with Crippen molar-refractivity contribution < 1.29 is 28.6 Å². The Kier molecular flexibility index (Phi) is 68.1. The predicted octanol–water partition coefficient (Wildman–Crippen LogP) is 25.1. The average Bonchev–Trinajstić information content (AvgIpc) is 3.47. The summed E-state index contributed by atoms with van der Waals surface area (Å²) in [6, 6.07) is 0. The molecule has 0 amide bonds. The summed E-state index contributed by atoms with van der Waals surface area (Å²) in [4.78, 5) is 38.5. The number of hydrogen-bond donors (Lipinski definition) is 0. The summed E-state index contributed by atoms with van der Waals surface area (Å²) in [6.07, 6.45) is 91.1. The first-order chi connectivity index (χ1) is 40.5. The van der Waals surface area contributed by atoms with E-state index in [0.29, 0.717) is 19.3 Å². The number of esters is 3. The minimum absolute atomic E-state index is 0.0756. The van der Waals surface area contributed by atoms with Gasteiger partial charge < -0.3 is 14.2 Å². The van der Waals surface area contributed by atoms with Gasteiger partial charge in [-0.1, -0.05) is 345 Å². The van der Waals surface area contributed by atoms with Gasteiger partial charge in [0.2, 0.25) is 0 Å². The lowest BCUT2D eigenvalue weighted by atomic mass is 10.0. The third kappa shape index (κ3) is 67.9. The summed E-state index contributed by atoms with van der Waals surface area (Å²) < 4.78 is 17.0. The van der Waals surface area contributed by atoms with Gasteiger partial charge in [0.05, 0.1) is 0 Å². The van der Waals surface area contributed by atoms with Gasteiger partial charge in [0.1, 0.15) is 13.2 Å². The molecule has 6 heteroatoms. The van der Waals surface area contributed by atoms with Crippen molar-refractivity contribution in [2.45, 2.75) is 393 Å². The normalized spacial score (nSPS) is 12.4. The molecule has 6 nitrogen and oxygen atoms in total. The zero-order chi connectivity index (χ0) is 59.2. The van der Waals surface area contributed by atoms with Gasteiger partial charge >= 0.3 is 17.9 Å². The van der Waals surface area contributed by atoms with Crippen molar-refractivity contribution in [2.75, 3.05) is 13.2 Å². The minimum atomic E-state index is -0.782. The second-order valence-electron chi connectivity index (χ2n) is 24.5. The van der Waals surface area contributed by atoms with Gasteiger partial charge in [0, 0.05) is 19.3 Å². The molecule has 1 unspecified atom stereocenters. The molecule has 0 saturated carbocycles. The molecule has 0 aliphatic carbocycles. The first-order valence-corrected chi connectivity index (χ1v) is 36.3. The lowest BCUT2D eigenvalue weighted by Crippen LogP contribution is -2.30. The van der Waals surface area contributed by atoms with Gasteiger partial charge in [0.25, 0.3) is 0 Å². The van der Waals surface area contributed by atoms with Gasteiger partial charge in [-0.3, -0.25) is 14.4 Å². The molecule has 0 bridgehead atoms. The van der Waals surface area contributed by atoms with Crippen molar-refractivity contribution in [1.82, 2.24) is 0 Å². The molecule has 0 aromatic heterocycles. The molecule has 0 radical (unpaired) electrons. The van der Waals surface area contributed by atoms with Crippen LogP contribution in [0.15, 0.2) is 60.8 Å². The summed E-state index contributed by atoms with van der Waals surface area (Å²) in [5.41, 5.74) is 0. The lowest BCUT2D eigenvalue weighted by molar-refractivity contribution is -0.167. The Bertz CT molecular complexity index is 1460. The zero-order valence-corrected chi connectivity index (χ0v) is 55.0. The fraction of sp³-hybridized carbons (Fsp3) is 0.829. The summed E-state index contributed by atoms with van der Waals surface area (Å²) in [7, 11) is 0. The molecule has 0 aromatic rings. The Morgan fingerprint density at radius 2 is 0.476 bits per heavy atom. The van der Waals surface area contributed by atoms with Crippen LogP contribution in [0.4, 0.5) is 0 Å². The highest BCUT2D eigenvalue weighted by Gasteiger charge is 2.19. The van der Waals surface area contributed by atoms with E-state index < -0.39 is 6.10 Å². The standard InChI is InChI=1S/C76H138O6/c1-4-7-10-13-16-19-22-25-28-31-34-36-37-38-40-42-45-48-51-54-57-60-63-66-69-75(78)81-72-73(71-80-74(77)68-65-62-59-56-53-50-47-44-41-33-30-27-24-21-18-15-12-9-6-3)82-76(79)70-67-64-61-58-55-52-49-46-43-39-35-32-29-26-23-20-17-14-11-8-5-2/h9,12,18,21,27,30,32,35,41,44,73H,4-8,10-11,13-17,19-20,22-26,28-29,31,33-34,36-40,42-43,45-72H2,1-3H3/b12-9-,21-18-,30-27-,35-32-,44-41-. The van der Waals surface area contributed by atoms with E-state index in [0.717, 1.165) is 89.9 Å². The fourth-order valence-corrected chi connectivity index (χ4v) is 10.8. The molecule has 1 atom stereocenters. The quantitative estimate of drug-likeness (QED) is 0.0261. The number of allylic oxidation sites excluding steroid dienone is 10. The summed E-state index contributed by atoms with van der Waals surface area (Å²) in [5, 5.41) is 0. The fourth-order valence-electron chi connectivity index (χ4n) is 10.8. The maximum atomic E-state index is 13.0. The molecular formula is C76H138O6. The van der Waals surface area contributed by atoms with E-state index in [1.807, 2.05) is 0 Å². The summed E-state index contributed by atoms with van der Waals surface area (Å²) in [5.74, 6) is -0.866. The second kappa shape index (κ2) is 70.6. The highest BCUT2D eigenvalue weighted by Crippen LogP contribution is 2.18. The first kappa shape index (κ1) is 79.1. The molecule has 82 heavy (non-hydrogen) atoms. The monoisotopic (exact) mass is 1150 g/mol. The van der Waals surface area contributed by atoms with Gasteiger partial charge in [-0.05, 0) is 83.5 Å². The molecule has 0 N–H and O–H groups in total. The number of rotatable bonds is 67. The molecular weight excluding hydrogens is 1010 g/mol. The Balaban J connectivity index is 4.33. The van der Waals surface area contributed by atoms with Gasteiger partial charge in [-0.2, -0.15) is 0 Å². The van der Waals surface area contributed by atoms with Crippen LogP contribution in [0.25, 0.3) is 0 Å². The number of ether oxygens (including phenoxy) is 3. The van der Waals surface area contributed by atoms with E-state index in [9.17, 15) is 14.4 Å². The molecule has 0 aromatic carbocycles. The molecule has 0 heterocycles. The van der Waals surface area contributed by atoms with E-state index in [1.165, 1.54) is 257 Å². The SMILES string of the molecule is CC/C=C\C/C=C\C/C=C\C/C=C\CCCCCCCCC(=O)OCC(COC(=O)CCCCCCCCCCCCCCCCCCCCCCCCCC)OC(=O)CCCCCCCCCCC/C=C\CCCCCCCCCC. The minimum Gasteiger partial charge on any atom is -0.462 e. The number of hydrogen-bond acceptors (Lipinski definition) is 6. The van der Waals surface area contributed by atoms with Crippen molar-refractivity contribution in [1.29, 1.82) is 0 Å². The van der Waals surface area contributed by atoms with Crippen LogP contribution in [0.1, 0.15) is 387 Å². The van der Waals surface area contributed by atoms with E-state index in [-0.39, 0.29) is 31.1 Å². The molecule has 0 saturated heterocycles. The smallest absolute Gasteiger partial charge is 0.306 e. The molecule has 0 fully saturated rings. The third-order valence-corrected chi connectivity index (χ3v) is 16.3. The molecule has 0 aliphatic heterocycles. The largest absolute Gasteiger partial charge is 0.462 e. The summed E-state index contributed by atoms with van der Waals surface area (Å²) in [6.45, 7) is 6.59. The summed E-state index contributed by atoms with van der Waals surface area (Å²) >= 11 is 0. The molecule has 0 aliphatic rings. The second-order valence-corrected chi connectivity index (χ2v) is 24.5. The van der Waals surface area contributed by atoms with Crippen LogP contribution in [0.3, 0.4) is 0 Å². The number of unbranched alkanes of at least 4 members (excludes halogenated alkanes) is 46. The molecule has 0 spiro atoms. The van der Waals surface area contributed by atoms with Crippen molar-refractivity contribution in [3.63, 3.8) is 0 Å². The van der Waals surface area contributed by atoms with Crippen LogP contribution in [-0.4, -0.2) is 37.2 Å². The van der Waals surface area contributed by atoms with Gasteiger partial charge in [-0.25, -0.2) is 0 Å². The van der Waals surface area contributed by atoms with Crippen molar-refractivity contribution in [3.05, 3.63) is 60.8 Å². The van der Waals surface area contributed by atoms with Gasteiger partial charge in [0.15, 0.2) is 6.10 Å². The average molecular weight is 1150 g/mol. The number of carbonyl (C=O) groups excluding carboxylic acids is 3. The Labute approximate surface area is 510 Å². The molecule has 0 rings (SSSR count). The van der Waals surface area contributed by atoms with Crippen LogP contribution >= 0.6 is 0 Å². The topological polar surface area (TPSA) is 78.9 Å². The van der Waals surface area contributed by atoms with E-state index >= 15 is 0 Å². The van der Waals surface area contributed by atoms with Crippen LogP contribution in [0, 0.1) is 0 Å². The first-order valence-electron chi connectivity index (χ1n) is 36.3. The zero-order valence-electron chi connectivity index (χ0n) is 55.0. The van der Waals surface area contributed by atoms with E-state index in [1.54, 1.807) is 0 Å².